The molecule has 0 atom stereocenters. The van der Waals surface area contributed by atoms with Crippen LogP contribution in [0.4, 0.5) is 17.5 Å². The molecular weight excluding hydrogens is 448 g/mol. The van der Waals surface area contributed by atoms with Crippen molar-refractivity contribution >= 4 is 27.8 Å². The van der Waals surface area contributed by atoms with Gasteiger partial charge in [0.25, 0.3) is 0 Å². The molecule has 0 bridgehead atoms. The molecule has 2 aliphatic heterocycles. The smallest absolute Gasteiger partial charge is 0.329 e. The Morgan fingerprint density at radius 1 is 1.15 bits per heavy atom. The zero-order valence-electron chi connectivity index (χ0n) is 20.8. The average molecular weight is 488 g/mol. The molecule has 3 heterocycles. The van der Waals surface area contributed by atoms with E-state index < -0.39 is 10.3 Å². The zero-order chi connectivity index (χ0) is 24.1. The third kappa shape index (κ3) is 4.07. The number of aliphatic hydroxyl groups excluding tert-OH is 1. The number of anilines is 2. The Hall–Kier alpha value is -1.91. The van der Waals surface area contributed by atoms with Gasteiger partial charge in [-0.05, 0) is 50.5 Å². The number of aliphatic hydroxyl groups is 1. The molecule has 0 unspecified atom stereocenters. The topological polar surface area (TPSA) is 98.0 Å². The highest BCUT2D eigenvalue weighted by atomic mass is 32.3. The van der Waals surface area contributed by atoms with Gasteiger partial charge < -0.3 is 20.3 Å². The molecule has 186 valence electrons. The standard InChI is InChI=1S/C25H38N6O2S/c1-5-19-21(34(3,4)33)22(29-24(16-32)10-11-24)28-23(27-19)31-14-12-25(13-15-31)18-8-6-7-9-20(18)26-17-30(25)2/h6-9,26,32-33H,5,10-17H2,1-4H3,(H,27,28,29)/p+1. The molecule has 9 heteroatoms. The fourth-order valence-electron chi connectivity index (χ4n) is 5.67. The van der Waals surface area contributed by atoms with Crippen LogP contribution in [0.1, 0.15) is 43.9 Å². The van der Waals surface area contributed by atoms with E-state index in [0.29, 0.717) is 5.82 Å². The third-order valence-corrected chi connectivity index (χ3v) is 9.40. The Balaban J connectivity index is 1.46. The highest BCUT2D eigenvalue weighted by Gasteiger charge is 2.47. The molecule has 1 saturated heterocycles. The molecule has 1 aromatic carbocycles. The average Bonchev–Trinajstić information content (AvgIpc) is 3.60. The van der Waals surface area contributed by atoms with E-state index in [-0.39, 0.29) is 17.7 Å². The lowest BCUT2D eigenvalue weighted by Gasteiger charge is -2.49. The van der Waals surface area contributed by atoms with Crippen LogP contribution in [0.25, 0.3) is 0 Å². The van der Waals surface area contributed by atoms with Crippen molar-refractivity contribution in [2.45, 2.75) is 55.0 Å². The van der Waals surface area contributed by atoms with Gasteiger partial charge in [0.15, 0.2) is 5.82 Å². The van der Waals surface area contributed by atoms with Crippen molar-refractivity contribution in [3.63, 3.8) is 0 Å². The molecule has 5 rings (SSSR count). The van der Waals surface area contributed by atoms with Gasteiger partial charge in [0.1, 0.15) is 0 Å². The Morgan fingerprint density at radius 2 is 1.85 bits per heavy atom. The van der Waals surface area contributed by atoms with Gasteiger partial charge in [-0.2, -0.15) is 9.97 Å². The summed E-state index contributed by atoms with van der Waals surface area (Å²) in [6.07, 6.45) is 8.38. The summed E-state index contributed by atoms with van der Waals surface area (Å²) in [4.78, 5) is 14.6. The number of nitrogens with zero attached hydrogens (tertiary/aromatic N) is 3. The second-order valence-corrected chi connectivity index (χ2v) is 13.5. The number of aryl methyl sites for hydroxylation is 1. The number of benzene rings is 1. The highest BCUT2D eigenvalue weighted by molar-refractivity contribution is 8.28. The summed E-state index contributed by atoms with van der Waals surface area (Å²) in [6.45, 7) is 4.91. The first-order valence-electron chi connectivity index (χ1n) is 12.4. The summed E-state index contributed by atoms with van der Waals surface area (Å²) in [5.41, 5.74) is 3.28. The van der Waals surface area contributed by atoms with Crippen molar-refractivity contribution in [3.05, 3.63) is 35.5 Å². The van der Waals surface area contributed by atoms with Gasteiger partial charge in [-0.15, -0.1) is 10.3 Å². The van der Waals surface area contributed by atoms with Crippen molar-refractivity contribution in [2.75, 3.05) is 56.6 Å². The normalized spacial score (nSPS) is 26.6. The van der Waals surface area contributed by atoms with Crippen molar-refractivity contribution in [1.82, 2.24) is 14.9 Å². The number of hydrogen-bond donors (Lipinski definition) is 5. The minimum absolute atomic E-state index is 0.0339. The molecular formula is C25H39N6O2S+. The van der Waals surface area contributed by atoms with E-state index in [1.54, 1.807) is 0 Å². The Kier molecular flexibility index (Phi) is 6.05. The largest absolute Gasteiger partial charge is 0.394 e. The van der Waals surface area contributed by atoms with Crippen LogP contribution >= 0.6 is 10.3 Å². The Labute approximate surface area is 204 Å². The molecule has 0 radical (unpaired) electrons. The van der Waals surface area contributed by atoms with Gasteiger partial charge in [-0.25, -0.2) is 0 Å². The maximum Gasteiger partial charge on any atom is 0.329 e. The Morgan fingerprint density at radius 3 is 2.47 bits per heavy atom. The molecule has 0 amide bonds. The summed E-state index contributed by atoms with van der Waals surface area (Å²) in [6, 6.07) is 8.69. The van der Waals surface area contributed by atoms with E-state index in [1.807, 2.05) is 12.5 Å². The number of hydrogen-bond acceptors (Lipinski definition) is 7. The van der Waals surface area contributed by atoms with Crippen LogP contribution < -0.4 is 15.5 Å². The van der Waals surface area contributed by atoms with Crippen LogP contribution in [0.2, 0.25) is 0 Å². The minimum atomic E-state index is -2.03. The molecule has 1 aromatic heterocycles. The second kappa shape index (κ2) is 8.64. The summed E-state index contributed by atoms with van der Waals surface area (Å²) in [5.74, 6) is 1.52. The number of rotatable bonds is 6. The molecule has 1 spiro atoms. The summed E-state index contributed by atoms with van der Waals surface area (Å²) in [7, 11) is 0.183. The van der Waals surface area contributed by atoms with Crippen LogP contribution in [0.3, 0.4) is 0 Å². The van der Waals surface area contributed by atoms with Crippen LogP contribution in [0, 0.1) is 0 Å². The fraction of sp³-hybridized carbons (Fsp3) is 0.600. The SMILES string of the molecule is CCc1nc([NH+]2CCC3(CC2)c2ccccc2NCN3C)nc(NC2(CO)CC2)c1S(C)(C)O. The lowest BCUT2D eigenvalue weighted by Crippen LogP contribution is -3.09. The summed E-state index contributed by atoms with van der Waals surface area (Å²) >= 11 is 0. The fourth-order valence-corrected chi connectivity index (χ4v) is 7.01. The molecule has 3 aliphatic rings. The third-order valence-electron chi connectivity index (χ3n) is 7.97. The van der Waals surface area contributed by atoms with Crippen molar-refractivity contribution in [2.24, 2.45) is 0 Å². The van der Waals surface area contributed by atoms with Crippen LogP contribution in [-0.4, -0.2) is 76.0 Å². The van der Waals surface area contributed by atoms with Gasteiger partial charge in [-0.1, -0.05) is 25.1 Å². The number of aromatic nitrogens is 2. The van der Waals surface area contributed by atoms with Gasteiger partial charge in [0.05, 0.1) is 48.0 Å². The quantitative estimate of drug-likeness (QED) is 0.427. The number of para-hydroxylation sites is 1. The van der Waals surface area contributed by atoms with E-state index in [0.717, 1.165) is 68.4 Å². The van der Waals surface area contributed by atoms with E-state index in [4.69, 9.17) is 9.97 Å². The molecule has 5 N–H and O–H groups in total. The molecule has 1 saturated carbocycles. The van der Waals surface area contributed by atoms with Gasteiger partial charge >= 0.3 is 5.95 Å². The van der Waals surface area contributed by atoms with E-state index in [1.165, 1.54) is 16.2 Å². The molecule has 2 fully saturated rings. The second-order valence-electron chi connectivity index (χ2n) is 10.6. The maximum absolute atomic E-state index is 11.0. The molecule has 34 heavy (non-hydrogen) atoms. The zero-order valence-corrected chi connectivity index (χ0v) is 21.6. The van der Waals surface area contributed by atoms with Crippen molar-refractivity contribution in [3.8, 4) is 0 Å². The van der Waals surface area contributed by atoms with Crippen LogP contribution in [0.5, 0.6) is 0 Å². The molecule has 2 aromatic rings. The lowest BCUT2D eigenvalue weighted by molar-refractivity contribution is -0.846. The van der Waals surface area contributed by atoms with Gasteiger partial charge in [0, 0.05) is 18.5 Å². The number of piperidine rings is 1. The monoisotopic (exact) mass is 487 g/mol. The Bertz CT molecular complexity index is 1060. The number of quaternary nitrogens is 1. The van der Waals surface area contributed by atoms with Gasteiger partial charge in [-0.3, -0.25) is 9.80 Å². The minimum Gasteiger partial charge on any atom is -0.394 e. The summed E-state index contributed by atoms with van der Waals surface area (Å²) in [5, 5.41) is 17.0. The first-order valence-corrected chi connectivity index (χ1v) is 14.8. The predicted octanol–water partition coefficient (Wildman–Crippen LogP) is 2.39. The first kappa shape index (κ1) is 23.8. The van der Waals surface area contributed by atoms with Gasteiger partial charge in [0.2, 0.25) is 0 Å². The first-order chi connectivity index (χ1) is 16.2. The number of fused-ring (bicyclic) bond motifs is 2. The van der Waals surface area contributed by atoms with E-state index in [2.05, 4.69) is 53.8 Å². The lowest BCUT2D eigenvalue weighted by atomic mass is 9.78. The van der Waals surface area contributed by atoms with Crippen molar-refractivity contribution in [1.29, 1.82) is 0 Å². The maximum atomic E-state index is 11.0. The van der Waals surface area contributed by atoms with Crippen LogP contribution in [0.15, 0.2) is 29.2 Å². The molecule has 1 aliphatic carbocycles. The van der Waals surface area contributed by atoms with E-state index >= 15 is 0 Å². The summed E-state index contributed by atoms with van der Waals surface area (Å²) < 4.78 is 11.0. The van der Waals surface area contributed by atoms with Crippen molar-refractivity contribution < 1.29 is 14.6 Å². The number of nitrogens with one attached hydrogen (secondary N) is 3. The highest BCUT2D eigenvalue weighted by Crippen LogP contribution is 2.52. The molecule has 8 nitrogen and oxygen atoms in total. The predicted molar refractivity (Wildman–Crippen MR) is 138 cm³/mol. The van der Waals surface area contributed by atoms with E-state index in [9.17, 15) is 9.66 Å². The van der Waals surface area contributed by atoms with Crippen LogP contribution in [-0.2, 0) is 12.0 Å².